The molecular weight excluding hydrogens is 226 g/mol. The van der Waals surface area contributed by atoms with E-state index in [0.29, 0.717) is 6.61 Å². The fraction of sp³-hybridized carbons (Fsp3) is 0.357. The minimum Gasteiger partial charge on any atom is -0.494 e. The molecule has 0 saturated carbocycles. The van der Waals surface area contributed by atoms with Crippen molar-refractivity contribution in [1.29, 1.82) is 0 Å². The van der Waals surface area contributed by atoms with Gasteiger partial charge < -0.3 is 10.5 Å². The monoisotopic (exact) mass is 245 g/mol. The van der Waals surface area contributed by atoms with Gasteiger partial charge in [-0.15, -0.1) is 0 Å². The molecule has 1 heterocycles. The Kier molecular flexibility index (Phi) is 3.55. The molecule has 0 saturated heterocycles. The van der Waals surface area contributed by atoms with E-state index < -0.39 is 0 Å². The van der Waals surface area contributed by atoms with Crippen molar-refractivity contribution in [2.45, 2.75) is 27.3 Å². The molecule has 0 radical (unpaired) electrons. The Morgan fingerprint density at radius 1 is 1.22 bits per heavy atom. The van der Waals surface area contributed by atoms with Gasteiger partial charge in [0.05, 0.1) is 30.2 Å². The van der Waals surface area contributed by atoms with Crippen molar-refractivity contribution >= 4 is 5.69 Å². The number of rotatable bonds is 4. The van der Waals surface area contributed by atoms with Crippen LogP contribution in [0.2, 0.25) is 0 Å². The fourth-order valence-electron chi connectivity index (χ4n) is 1.90. The Morgan fingerprint density at radius 3 is 2.39 bits per heavy atom. The molecule has 0 aliphatic rings. The molecule has 0 fully saturated rings. The van der Waals surface area contributed by atoms with Crippen LogP contribution in [0.3, 0.4) is 0 Å². The molecule has 0 amide bonds. The van der Waals surface area contributed by atoms with Crippen LogP contribution in [-0.4, -0.2) is 16.4 Å². The minimum atomic E-state index is 0.688. The van der Waals surface area contributed by atoms with Crippen LogP contribution in [0.15, 0.2) is 24.3 Å². The van der Waals surface area contributed by atoms with E-state index in [1.54, 1.807) is 0 Å². The number of anilines is 1. The van der Waals surface area contributed by atoms with Crippen LogP contribution in [0.4, 0.5) is 5.69 Å². The van der Waals surface area contributed by atoms with Crippen molar-refractivity contribution in [3.8, 4) is 5.75 Å². The average Bonchev–Trinajstić information content (AvgIpc) is 2.60. The van der Waals surface area contributed by atoms with Crippen LogP contribution in [0.5, 0.6) is 5.75 Å². The Labute approximate surface area is 107 Å². The van der Waals surface area contributed by atoms with E-state index in [1.165, 1.54) is 5.56 Å². The van der Waals surface area contributed by atoms with Crippen LogP contribution >= 0.6 is 0 Å². The molecule has 0 atom stereocenters. The first kappa shape index (κ1) is 12.5. The molecule has 18 heavy (non-hydrogen) atoms. The van der Waals surface area contributed by atoms with Gasteiger partial charge in [0.25, 0.3) is 0 Å². The van der Waals surface area contributed by atoms with Gasteiger partial charge in [-0.2, -0.15) is 5.10 Å². The SMILES string of the molecule is CCOc1ccc(Cn2nc(C)c(N)c2C)cc1. The van der Waals surface area contributed by atoms with Gasteiger partial charge in [0, 0.05) is 0 Å². The smallest absolute Gasteiger partial charge is 0.119 e. The number of hydrogen-bond donors (Lipinski definition) is 1. The highest BCUT2D eigenvalue weighted by Crippen LogP contribution is 2.17. The quantitative estimate of drug-likeness (QED) is 0.900. The summed E-state index contributed by atoms with van der Waals surface area (Å²) in [7, 11) is 0. The second-order valence-electron chi connectivity index (χ2n) is 4.32. The fourth-order valence-corrected chi connectivity index (χ4v) is 1.90. The van der Waals surface area contributed by atoms with Gasteiger partial charge >= 0.3 is 0 Å². The van der Waals surface area contributed by atoms with E-state index in [9.17, 15) is 0 Å². The third-order valence-corrected chi connectivity index (χ3v) is 3.00. The maximum atomic E-state index is 5.92. The summed E-state index contributed by atoms with van der Waals surface area (Å²) in [6, 6.07) is 8.07. The van der Waals surface area contributed by atoms with E-state index in [1.807, 2.05) is 37.6 Å². The van der Waals surface area contributed by atoms with Crippen molar-refractivity contribution in [3.63, 3.8) is 0 Å². The largest absolute Gasteiger partial charge is 0.494 e. The first-order valence-electron chi connectivity index (χ1n) is 6.13. The Balaban J connectivity index is 2.15. The summed E-state index contributed by atoms with van der Waals surface area (Å²) in [5, 5.41) is 4.42. The number of nitrogens with zero attached hydrogens (tertiary/aromatic N) is 2. The predicted octanol–water partition coefficient (Wildman–Crippen LogP) is 2.53. The number of aromatic nitrogens is 2. The zero-order chi connectivity index (χ0) is 13.1. The van der Waals surface area contributed by atoms with E-state index >= 15 is 0 Å². The van der Waals surface area contributed by atoms with Crippen molar-refractivity contribution in [2.24, 2.45) is 0 Å². The van der Waals surface area contributed by atoms with Gasteiger partial charge in [-0.05, 0) is 38.5 Å². The lowest BCUT2D eigenvalue weighted by Gasteiger charge is -2.07. The van der Waals surface area contributed by atoms with Crippen molar-refractivity contribution in [1.82, 2.24) is 9.78 Å². The van der Waals surface area contributed by atoms with Crippen molar-refractivity contribution in [3.05, 3.63) is 41.2 Å². The molecular formula is C14H19N3O. The summed E-state index contributed by atoms with van der Waals surface area (Å²) >= 11 is 0. The zero-order valence-electron chi connectivity index (χ0n) is 11.1. The van der Waals surface area contributed by atoms with Crippen LogP contribution in [0.25, 0.3) is 0 Å². The molecule has 0 spiro atoms. The summed E-state index contributed by atoms with van der Waals surface area (Å²) in [4.78, 5) is 0. The Bertz CT molecular complexity index is 529. The Hall–Kier alpha value is -1.97. The molecule has 2 N–H and O–H groups in total. The molecule has 1 aromatic heterocycles. The molecule has 2 aromatic rings. The number of nitrogen functional groups attached to an aromatic ring is 1. The number of ether oxygens (including phenoxy) is 1. The number of hydrogen-bond acceptors (Lipinski definition) is 3. The van der Waals surface area contributed by atoms with E-state index in [4.69, 9.17) is 10.5 Å². The molecule has 0 aliphatic carbocycles. The molecule has 0 aliphatic heterocycles. The predicted molar refractivity (Wildman–Crippen MR) is 72.8 cm³/mol. The molecule has 2 rings (SSSR count). The van der Waals surface area contributed by atoms with E-state index in [0.717, 1.165) is 29.4 Å². The second-order valence-corrected chi connectivity index (χ2v) is 4.32. The molecule has 0 unspecified atom stereocenters. The van der Waals surface area contributed by atoms with Crippen LogP contribution in [-0.2, 0) is 6.54 Å². The van der Waals surface area contributed by atoms with Crippen molar-refractivity contribution in [2.75, 3.05) is 12.3 Å². The van der Waals surface area contributed by atoms with Gasteiger partial charge in [-0.3, -0.25) is 4.68 Å². The first-order valence-corrected chi connectivity index (χ1v) is 6.13. The summed E-state index contributed by atoms with van der Waals surface area (Å²) in [6.07, 6.45) is 0. The maximum absolute atomic E-state index is 5.92. The first-order chi connectivity index (χ1) is 8.61. The highest BCUT2D eigenvalue weighted by atomic mass is 16.5. The maximum Gasteiger partial charge on any atom is 0.119 e. The Morgan fingerprint density at radius 2 is 1.89 bits per heavy atom. The molecule has 4 heteroatoms. The van der Waals surface area contributed by atoms with Gasteiger partial charge in [-0.1, -0.05) is 12.1 Å². The highest BCUT2D eigenvalue weighted by molar-refractivity contribution is 5.47. The van der Waals surface area contributed by atoms with Gasteiger partial charge in [-0.25, -0.2) is 0 Å². The molecule has 1 aromatic carbocycles. The lowest BCUT2D eigenvalue weighted by molar-refractivity contribution is 0.340. The normalized spacial score (nSPS) is 10.6. The topological polar surface area (TPSA) is 53.1 Å². The third-order valence-electron chi connectivity index (χ3n) is 3.00. The standard InChI is InChI=1S/C14H19N3O/c1-4-18-13-7-5-12(6-8-13)9-17-11(3)14(15)10(2)16-17/h5-8H,4,9,15H2,1-3H3. The van der Waals surface area contributed by atoms with Gasteiger partial charge in [0.1, 0.15) is 5.75 Å². The number of aryl methyl sites for hydroxylation is 1. The molecule has 96 valence electrons. The summed E-state index contributed by atoms with van der Waals surface area (Å²) in [6.45, 7) is 7.32. The lowest BCUT2D eigenvalue weighted by Crippen LogP contribution is -2.04. The lowest BCUT2D eigenvalue weighted by atomic mass is 10.2. The summed E-state index contributed by atoms with van der Waals surface area (Å²) < 4.78 is 7.35. The third kappa shape index (κ3) is 2.47. The van der Waals surface area contributed by atoms with Gasteiger partial charge in [0.2, 0.25) is 0 Å². The van der Waals surface area contributed by atoms with E-state index in [2.05, 4.69) is 17.2 Å². The van der Waals surface area contributed by atoms with E-state index in [-0.39, 0.29) is 0 Å². The number of benzene rings is 1. The summed E-state index contributed by atoms with van der Waals surface area (Å²) in [5.41, 5.74) is 9.78. The van der Waals surface area contributed by atoms with Crippen LogP contribution < -0.4 is 10.5 Å². The molecule has 4 nitrogen and oxygen atoms in total. The van der Waals surface area contributed by atoms with Gasteiger partial charge in [0.15, 0.2) is 0 Å². The average molecular weight is 245 g/mol. The van der Waals surface area contributed by atoms with Crippen molar-refractivity contribution < 1.29 is 4.74 Å². The highest BCUT2D eigenvalue weighted by Gasteiger charge is 2.08. The van der Waals surface area contributed by atoms with Crippen LogP contribution in [0, 0.1) is 13.8 Å². The molecule has 0 bridgehead atoms. The summed E-state index contributed by atoms with van der Waals surface area (Å²) in [5.74, 6) is 0.897. The second kappa shape index (κ2) is 5.12. The minimum absolute atomic E-state index is 0.688. The number of nitrogens with two attached hydrogens (primary N) is 1. The zero-order valence-corrected chi connectivity index (χ0v) is 11.1. The van der Waals surface area contributed by atoms with Crippen LogP contribution in [0.1, 0.15) is 23.9 Å².